The van der Waals surface area contributed by atoms with E-state index < -0.39 is 0 Å². The highest BCUT2D eigenvalue weighted by Crippen LogP contribution is 2.20. The summed E-state index contributed by atoms with van der Waals surface area (Å²) in [7, 11) is 0. The number of amides is 1. The fourth-order valence-electron chi connectivity index (χ4n) is 1.49. The first-order chi connectivity index (χ1) is 8.97. The molecule has 0 bridgehead atoms. The Labute approximate surface area is 127 Å². The maximum atomic E-state index is 12.1. The minimum Gasteiger partial charge on any atom is -0.304 e. The minimum absolute atomic E-state index is 0.208. The fraction of sp³-hybridized carbons (Fsp3) is 0.154. The van der Waals surface area contributed by atoms with Crippen molar-refractivity contribution in [2.24, 2.45) is 0 Å². The summed E-state index contributed by atoms with van der Waals surface area (Å²) in [6.45, 7) is 3.98. The second kappa shape index (κ2) is 5.79. The zero-order chi connectivity index (χ0) is 14.0. The number of anilines is 1. The Balaban J connectivity index is 2.23. The van der Waals surface area contributed by atoms with Gasteiger partial charge in [-0.2, -0.15) is 0 Å². The highest BCUT2D eigenvalue weighted by Gasteiger charge is 2.11. The van der Waals surface area contributed by atoms with Crippen LogP contribution in [0.25, 0.3) is 0 Å². The number of carbonyl (C=O) groups is 1. The molecular formula is C13H11Br2N3O. The van der Waals surface area contributed by atoms with Crippen LogP contribution in [0, 0.1) is 13.8 Å². The average Bonchev–Trinajstić information content (AvgIpc) is 2.36. The molecule has 19 heavy (non-hydrogen) atoms. The molecule has 0 fully saturated rings. The third kappa shape index (κ3) is 3.39. The number of hydrogen-bond acceptors (Lipinski definition) is 3. The number of hydrogen-bond donors (Lipinski definition) is 1. The van der Waals surface area contributed by atoms with Gasteiger partial charge in [0.05, 0.1) is 6.20 Å². The van der Waals surface area contributed by atoms with Gasteiger partial charge < -0.3 is 5.32 Å². The summed E-state index contributed by atoms with van der Waals surface area (Å²) in [4.78, 5) is 20.3. The third-order valence-electron chi connectivity index (χ3n) is 2.70. The molecule has 1 aromatic carbocycles. The van der Waals surface area contributed by atoms with Gasteiger partial charge in [0.2, 0.25) is 0 Å². The monoisotopic (exact) mass is 383 g/mol. The van der Waals surface area contributed by atoms with Crippen LogP contribution in [-0.4, -0.2) is 15.9 Å². The van der Waals surface area contributed by atoms with Crippen LogP contribution in [0.1, 0.15) is 21.5 Å². The molecular weight excluding hydrogens is 374 g/mol. The second-order valence-corrected chi connectivity index (χ2v) is 5.65. The van der Waals surface area contributed by atoms with Crippen molar-refractivity contribution in [1.29, 1.82) is 0 Å². The molecule has 0 aliphatic rings. The minimum atomic E-state index is -0.208. The molecule has 0 unspecified atom stereocenters. The van der Waals surface area contributed by atoms with Crippen molar-refractivity contribution < 1.29 is 4.79 Å². The molecule has 4 nitrogen and oxygen atoms in total. The van der Waals surface area contributed by atoms with Crippen LogP contribution in [0.2, 0.25) is 0 Å². The third-order valence-corrected chi connectivity index (χ3v) is 3.64. The van der Waals surface area contributed by atoms with E-state index in [9.17, 15) is 4.79 Å². The van der Waals surface area contributed by atoms with E-state index in [1.165, 1.54) is 6.20 Å². The van der Waals surface area contributed by atoms with Crippen LogP contribution in [-0.2, 0) is 0 Å². The van der Waals surface area contributed by atoms with E-state index in [1.54, 1.807) is 6.07 Å². The number of nitrogens with one attached hydrogen (secondary N) is 1. The molecule has 1 amide bonds. The lowest BCUT2D eigenvalue weighted by Gasteiger charge is -2.07. The van der Waals surface area contributed by atoms with Gasteiger partial charge in [-0.15, -0.1) is 0 Å². The molecule has 98 valence electrons. The molecule has 1 N–H and O–H groups in total. The lowest BCUT2D eigenvalue weighted by atomic mass is 10.1. The Kier molecular flexibility index (Phi) is 4.31. The van der Waals surface area contributed by atoms with Gasteiger partial charge in [0.1, 0.15) is 9.21 Å². The van der Waals surface area contributed by atoms with Gasteiger partial charge in [-0.1, -0.05) is 6.07 Å². The van der Waals surface area contributed by atoms with Crippen molar-refractivity contribution in [3.63, 3.8) is 0 Å². The SMILES string of the molecule is Cc1ccc(C(=O)Nc2ncc(Br)nc2Br)cc1C. The lowest BCUT2D eigenvalue weighted by molar-refractivity contribution is 0.102. The summed E-state index contributed by atoms with van der Waals surface area (Å²) in [5, 5.41) is 2.72. The molecule has 0 saturated heterocycles. The van der Waals surface area contributed by atoms with E-state index in [0.717, 1.165) is 11.1 Å². The van der Waals surface area contributed by atoms with Crippen molar-refractivity contribution >= 4 is 43.6 Å². The van der Waals surface area contributed by atoms with Crippen LogP contribution in [0.5, 0.6) is 0 Å². The van der Waals surface area contributed by atoms with Gasteiger partial charge in [0, 0.05) is 5.56 Å². The molecule has 6 heteroatoms. The van der Waals surface area contributed by atoms with E-state index in [1.807, 2.05) is 26.0 Å². The molecule has 0 saturated carbocycles. The van der Waals surface area contributed by atoms with Gasteiger partial charge in [0.15, 0.2) is 5.82 Å². The Hall–Kier alpha value is -1.27. The molecule has 0 atom stereocenters. The number of aromatic nitrogens is 2. The number of carbonyl (C=O) groups excluding carboxylic acids is 1. The van der Waals surface area contributed by atoms with Crippen LogP contribution in [0.4, 0.5) is 5.82 Å². The van der Waals surface area contributed by atoms with Crippen LogP contribution >= 0.6 is 31.9 Å². The number of rotatable bonds is 2. The predicted octanol–water partition coefficient (Wildman–Crippen LogP) is 3.87. The highest BCUT2D eigenvalue weighted by molar-refractivity contribution is 9.11. The molecule has 2 rings (SSSR count). The van der Waals surface area contributed by atoms with Crippen molar-refractivity contribution in [3.05, 3.63) is 50.3 Å². The summed E-state index contributed by atoms with van der Waals surface area (Å²) < 4.78 is 1.09. The van der Waals surface area contributed by atoms with Gasteiger partial charge >= 0.3 is 0 Å². The molecule has 0 radical (unpaired) electrons. The molecule has 1 aromatic heterocycles. The first-order valence-corrected chi connectivity index (χ1v) is 7.12. The lowest BCUT2D eigenvalue weighted by Crippen LogP contribution is -2.14. The van der Waals surface area contributed by atoms with Crippen molar-refractivity contribution in [1.82, 2.24) is 9.97 Å². The Morgan fingerprint density at radius 2 is 1.95 bits per heavy atom. The van der Waals surface area contributed by atoms with E-state index in [2.05, 4.69) is 47.1 Å². The van der Waals surface area contributed by atoms with Crippen LogP contribution < -0.4 is 5.32 Å². The molecule has 1 heterocycles. The predicted molar refractivity (Wildman–Crippen MR) is 81.3 cm³/mol. The number of benzene rings is 1. The van der Waals surface area contributed by atoms with E-state index in [4.69, 9.17) is 0 Å². The van der Waals surface area contributed by atoms with Crippen molar-refractivity contribution in [2.45, 2.75) is 13.8 Å². The fourth-order valence-corrected chi connectivity index (χ4v) is 2.40. The van der Waals surface area contributed by atoms with E-state index >= 15 is 0 Å². The van der Waals surface area contributed by atoms with Crippen LogP contribution in [0.15, 0.2) is 33.6 Å². The molecule has 2 aromatic rings. The average molecular weight is 385 g/mol. The van der Waals surface area contributed by atoms with Crippen molar-refractivity contribution in [2.75, 3.05) is 5.32 Å². The first kappa shape index (κ1) is 14.1. The standard InChI is InChI=1S/C13H11Br2N3O/c1-7-3-4-9(5-8(7)2)13(19)18-12-11(15)17-10(14)6-16-12/h3-6H,1-2H3,(H,16,18,19). The second-order valence-electron chi connectivity index (χ2n) is 4.09. The maximum Gasteiger partial charge on any atom is 0.256 e. The Morgan fingerprint density at radius 1 is 1.21 bits per heavy atom. The molecule has 0 spiro atoms. The van der Waals surface area contributed by atoms with Gasteiger partial charge in [-0.25, -0.2) is 9.97 Å². The Morgan fingerprint density at radius 3 is 2.58 bits per heavy atom. The number of nitrogens with zero attached hydrogens (tertiary/aromatic N) is 2. The van der Waals surface area contributed by atoms with Crippen LogP contribution in [0.3, 0.4) is 0 Å². The number of halogens is 2. The van der Waals surface area contributed by atoms with Gasteiger partial charge in [-0.3, -0.25) is 4.79 Å². The largest absolute Gasteiger partial charge is 0.304 e. The quantitative estimate of drug-likeness (QED) is 0.854. The summed E-state index contributed by atoms with van der Waals surface area (Å²) in [6, 6.07) is 5.56. The normalized spacial score (nSPS) is 10.3. The zero-order valence-electron chi connectivity index (χ0n) is 10.4. The zero-order valence-corrected chi connectivity index (χ0v) is 13.5. The smallest absolute Gasteiger partial charge is 0.256 e. The summed E-state index contributed by atoms with van der Waals surface area (Å²) >= 11 is 6.46. The van der Waals surface area contributed by atoms with Gasteiger partial charge in [-0.05, 0) is 69.0 Å². The maximum absolute atomic E-state index is 12.1. The highest BCUT2D eigenvalue weighted by atomic mass is 79.9. The summed E-state index contributed by atoms with van der Waals surface area (Å²) in [5.74, 6) is 0.187. The van der Waals surface area contributed by atoms with Gasteiger partial charge in [0.25, 0.3) is 5.91 Å². The van der Waals surface area contributed by atoms with E-state index in [0.29, 0.717) is 20.6 Å². The first-order valence-electron chi connectivity index (χ1n) is 5.54. The number of aryl methyl sites for hydroxylation is 2. The summed E-state index contributed by atoms with van der Waals surface area (Å²) in [6.07, 6.45) is 1.53. The molecule has 0 aliphatic heterocycles. The van der Waals surface area contributed by atoms with Crippen molar-refractivity contribution in [3.8, 4) is 0 Å². The molecule has 0 aliphatic carbocycles. The Bertz CT molecular complexity index is 644. The van der Waals surface area contributed by atoms with E-state index in [-0.39, 0.29) is 5.91 Å². The summed E-state index contributed by atoms with van der Waals surface area (Å²) in [5.41, 5.74) is 2.83. The topological polar surface area (TPSA) is 54.9 Å².